The first-order chi connectivity index (χ1) is 7.92. The van der Waals surface area contributed by atoms with Crippen LogP contribution in [0.2, 0.25) is 0 Å². The van der Waals surface area contributed by atoms with Crippen LogP contribution >= 0.6 is 0 Å². The minimum absolute atomic E-state index is 0.217. The Morgan fingerprint density at radius 1 is 1.35 bits per heavy atom. The van der Waals surface area contributed by atoms with Crippen LogP contribution in [0.5, 0.6) is 0 Å². The molecule has 0 unspecified atom stereocenters. The Morgan fingerprint density at radius 3 is 2.59 bits per heavy atom. The van der Waals surface area contributed by atoms with Gasteiger partial charge in [0, 0.05) is 17.3 Å². The first-order valence-electron chi connectivity index (χ1n) is 6.13. The minimum atomic E-state index is -0.388. The van der Waals surface area contributed by atoms with E-state index < -0.39 is 0 Å². The van der Waals surface area contributed by atoms with Crippen molar-refractivity contribution in [2.45, 2.75) is 46.5 Å². The second-order valence-electron chi connectivity index (χ2n) is 5.28. The molecule has 0 bridgehead atoms. The lowest BCUT2D eigenvalue weighted by atomic mass is 9.86. The molecular formula is C14H22N2O. The molecule has 1 amide bonds. The molecular weight excluding hydrogens is 212 g/mol. The van der Waals surface area contributed by atoms with Crippen molar-refractivity contribution >= 4 is 5.91 Å². The van der Waals surface area contributed by atoms with Gasteiger partial charge < -0.3 is 5.73 Å². The lowest BCUT2D eigenvalue weighted by molar-refractivity contribution is -0.126. The average molecular weight is 234 g/mol. The van der Waals surface area contributed by atoms with Crippen LogP contribution in [0.3, 0.4) is 0 Å². The summed E-state index contributed by atoms with van der Waals surface area (Å²) in [7, 11) is 0. The van der Waals surface area contributed by atoms with E-state index in [1.54, 1.807) is 0 Å². The summed E-state index contributed by atoms with van der Waals surface area (Å²) in [6.07, 6.45) is 5.75. The van der Waals surface area contributed by atoms with E-state index in [1.807, 2.05) is 27.0 Å². The van der Waals surface area contributed by atoms with Gasteiger partial charge in [-0.3, -0.25) is 9.78 Å². The Hall–Kier alpha value is -1.38. The first-order valence-corrected chi connectivity index (χ1v) is 6.13. The van der Waals surface area contributed by atoms with Crippen molar-refractivity contribution in [1.82, 2.24) is 4.98 Å². The van der Waals surface area contributed by atoms with E-state index in [-0.39, 0.29) is 11.3 Å². The Labute approximate surface area is 103 Å². The van der Waals surface area contributed by atoms with E-state index in [1.165, 1.54) is 5.56 Å². The van der Waals surface area contributed by atoms with Crippen LogP contribution in [-0.4, -0.2) is 10.9 Å². The van der Waals surface area contributed by atoms with Crippen molar-refractivity contribution in [1.29, 1.82) is 0 Å². The zero-order valence-electron chi connectivity index (χ0n) is 11.0. The molecule has 3 nitrogen and oxygen atoms in total. The highest BCUT2D eigenvalue weighted by molar-refractivity contribution is 5.79. The summed E-state index contributed by atoms with van der Waals surface area (Å²) < 4.78 is 0. The van der Waals surface area contributed by atoms with Crippen molar-refractivity contribution in [3.8, 4) is 0 Å². The molecule has 0 aromatic carbocycles. The standard InChI is InChI=1S/C14H22N2O/c1-11-7-8-12(16-10-11)6-4-5-9-14(2,3)13(15)17/h7-8,10H,4-6,9H2,1-3H3,(H2,15,17). The van der Waals surface area contributed by atoms with E-state index in [9.17, 15) is 4.79 Å². The number of unbranched alkanes of at least 4 members (excludes halogenated alkanes) is 1. The Morgan fingerprint density at radius 2 is 2.06 bits per heavy atom. The number of pyridine rings is 1. The number of carbonyl (C=O) groups is 1. The number of nitrogens with two attached hydrogens (primary N) is 1. The van der Waals surface area contributed by atoms with Crippen LogP contribution in [0.15, 0.2) is 18.3 Å². The molecule has 3 heteroatoms. The predicted molar refractivity (Wildman–Crippen MR) is 69.5 cm³/mol. The van der Waals surface area contributed by atoms with Gasteiger partial charge in [0.05, 0.1) is 0 Å². The van der Waals surface area contributed by atoms with Crippen LogP contribution in [0.4, 0.5) is 0 Å². The summed E-state index contributed by atoms with van der Waals surface area (Å²) >= 11 is 0. The van der Waals surface area contributed by atoms with E-state index in [2.05, 4.69) is 17.1 Å². The van der Waals surface area contributed by atoms with Gasteiger partial charge in [-0.05, 0) is 37.8 Å². The van der Waals surface area contributed by atoms with Crippen LogP contribution in [0, 0.1) is 12.3 Å². The average Bonchev–Trinajstić information content (AvgIpc) is 2.26. The fraction of sp³-hybridized carbons (Fsp3) is 0.571. The third-order valence-electron chi connectivity index (χ3n) is 3.12. The monoisotopic (exact) mass is 234 g/mol. The molecule has 17 heavy (non-hydrogen) atoms. The van der Waals surface area contributed by atoms with Gasteiger partial charge >= 0.3 is 0 Å². The Bertz CT molecular complexity index is 368. The molecule has 0 aliphatic carbocycles. The molecule has 0 radical (unpaired) electrons. The number of primary amides is 1. The van der Waals surface area contributed by atoms with Gasteiger partial charge in [-0.25, -0.2) is 0 Å². The zero-order valence-corrected chi connectivity index (χ0v) is 11.0. The summed E-state index contributed by atoms with van der Waals surface area (Å²) in [5.41, 5.74) is 7.24. The molecule has 1 heterocycles. The zero-order chi connectivity index (χ0) is 12.9. The molecule has 0 saturated heterocycles. The summed E-state index contributed by atoms with van der Waals surface area (Å²) in [6.45, 7) is 5.84. The summed E-state index contributed by atoms with van der Waals surface area (Å²) in [5, 5.41) is 0. The summed E-state index contributed by atoms with van der Waals surface area (Å²) in [5.74, 6) is -0.217. The summed E-state index contributed by atoms with van der Waals surface area (Å²) in [6, 6.07) is 4.14. The molecule has 0 aliphatic heterocycles. The van der Waals surface area contributed by atoms with Crippen LogP contribution in [0.1, 0.15) is 44.4 Å². The molecule has 2 N–H and O–H groups in total. The SMILES string of the molecule is Cc1ccc(CCCCC(C)(C)C(N)=O)nc1. The molecule has 0 spiro atoms. The topological polar surface area (TPSA) is 56.0 Å². The second kappa shape index (κ2) is 5.80. The lowest BCUT2D eigenvalue weighted by Crippen LogP contribution is -2.31. The number of amides is 1. The van der Waals surface area contributed by atoms with Crippen molar-refractivity contribution in [2.24, 2.45) is 11.1 Å². The van der Waals surface area contributed by atoms with Gasteiger partial charge in [0.15, 0.2) is 0 Å². The third kappa shape index (κ3) is 4.55. The van der Waals surface area contributed by atoms with Crippen molar-refractivity contribution in [3.63, 3.8) is 0 Å². The highest BCUT2D eigenvalue weighted by Crippen LogP contribution is 2.22. The van der Waals surface area contributed by atoms with Gasteiger partial charge in [0.25, 0.3) is 0 Å². The number of hydrogen-bond acceptors (Lipinski definition) is 2. The second-order valence-corrected chi connectivity index (χ2v) is 5.28. The highest BCUT2D eigenvalue weighted by Gasteiger charge is 2.23. The maximum Gasteiger partial charge on any atom is 0.223 e. The molecule has 0 aliphatic rings. The fourth-order valence-corrected chi connectivity index (χ4v) is 1.64. The van der Waals surface area contributed by atoms with Gasteiger partial charge in [-0.2, -0.15) is 0 Å². The highest BCUT2D eigenvalue weighted by atomic mass is 16.1. The van der Waals surface area contributed by atoms with E-state index >= 15 is 0 Å². The molecule has 1 rings (SSSR count). The number of nitrogens with zero attached hydrogens (tertiary/aromatic N) is 1. The van der Waals surface area contributed by atoms with Crippen molar-refractivity contribution < 1.29 is 4.79 Å². The molecule has 0 saturated carbocycles. The lowest BCUT2D eigenvalue weighted by Gasteiger charge is -2.19. The number of aryl methyl sites for hydroxylation is 2. The maximum atomic E-state index is 11.1. The van der Waals surface area contributed by atoms with Crippen LogP contribution in [-0.2, 0) is 11.2 Å². The van der Waals surface area contributed by atoms with E-state index in [0.29, 0.717) is 0 Å². The molecule has 94 valence electrons. The maximum absolute atomic E-state index is 11.1. The molecule has 0 fully saturated rings. The van der Waals surface area contributed by atoms with E-state index in [4.69, 9.17) is 5.73 Å². The van der Waals surface area contributed by atoms with Crippen LogP contribution < -0.4 is 5.73 Å². The summed E-state index contributed by atoms with van der Waals surface area (Å²) in [4.78, 5) is 15.5. The van der Waals surface area contributed by atoms with Crippen molar-refractivity contribution in [2.75, 3.05) is 0 Å². The first kappa shape index (κ1) is 13.7. The van der Waals surface area contributed by atoms with Gasteiger partial charge in [0.1, 0.15) is 0 Å². The number of aromatic nitrogens is 1. The van der Waals surface area contributed by atoms with Crippen LogP contribution in [0.25, 0.3) is 0 Å². The fourth-order valence-electron chi connectivity index (χ4n) is 1.64. The van der Waals surface area contributed by atoms with Crippen molar-refractivity contribution in [3.05, 3.63) is 29.6 Å². The number of rotatable bonds is 6. The molecule has 1 aromatic rings. The quantitative estimate of drug-likeness (QED) is 0.769. The minimum Gasteiger partial charge on any atom is -0.369 e. The number of hydrogen-bond donors (Lipinski definition) is 1. The van der Waals surface area contributed by atoms with E-state index in [0.717, 1.165) is 31.4 Å². The van der Waals surface area contributed by atoms with Gasteiger partial charge in [0.2, 0.25) is 5.91 Å². The van der Waals surface area contributed by atoms with Gasteiger partial charge in [-0.1, -0.05) is 26.3 Å². The third-order valence-corrected chi connectivity index (χ3v) is 3.12. The Kier molecular flexibility index (Phi) is 4.67. The molecule has 1 aromatic heterocycles. The van der Waals surface area contributed by atoms with Gasteiger partial charge in [-0.15, -0.1) is 0 Å². The molecule has 0 atom stereocenters. The number of carbonyl (C=O) groups excluding carboxylic acids is 1. The largest absolute Gasteiger partial charge is 0.369 e. The smallest absolute Gasteiger partial charge is 0.223 e. The normalized spacial score (nSPS) is 11.5. The predicted octanol–water partition coefficient (Wildman–Crippen LogP) is 2.61. The Balaban J connectivity index is 2.29.